The van der Waals surface area contributed by atoms with E-state index >= 15 is 0 Å². The Balaban J connectivity index is 2.08. The molecule has 16 heavy (non-hydrogen) atoms. The fourth-order valence-corrected chi connectivity index (χ4v) is 1.63. The van der Waals surface area contributed by atoms with Gasteiger partial charge in [0.15, 0.2) is 0 Å². The van der Waals surface area contributed by atoms with E-state index in [-0.39, 0.29) is 0 Å². The van der Waals surface area contributed by atoms with E-state index in [2.05, 4.69) is 14.9 Å². The van der Waals surface area contributed by atoms with Gasteiger partial charge in [-0.05, 0) is 29.7 Å². The SMILES string of the molecule is N#Cc1ccc(NCc2csnn2)c(F)c1. The lowest BCUT2D eigenvalue weighted by Crippen LogP contribution is -2.02. The Morgan fingerprint density at radius 2 is 2.38 bits per heavy atom. The van der Waals surface area contributed by atoms with Crippen LogP contribution in [0.15, 0.2) is 23.6 Å². The third-order valence-electron chi connectivity index (χ3n) is 1.96. The van der Waals surface area contributed by atoms with Gasteiger partial charge in [0.1, 0.15) is 5.82 Å². The number of nitriles is 1. The molecule has 0 amide bonds. The van der Waals surface area contributed by atoms with Gasteiger partial charge in [-0.1, -0.05) is 4.49 Å². The first-order valence-electron chi connectivity index (χ1n) is 4.49. The fraction of sp³-hybridized carbons (Fsp3) is 0.100. The summed E-state index contributed by atoms with van der Waals surface area (Å²) in [6, 6.07) is 6.17. The van der Waals surface area contributed by atoms with Crippen LogP contribution in [0.5, 0.6) is 0 Å². The monoisotopic (exact) mass is 234 g/mol. The molecule has 0 aliphatic rings. The van der Waals surface area contributed by atoms with Gasteiger partial charge in [-0.25, -0.2) is 4.39 Å². The van der Waals surface area contributed by atoms with Gasteiger partial charge in [0, 0.05) is 5.38 Å². The van der Waals surface area contributed by atoms with E-state index in [9.17, 15) is 4.39 Å². The molecular formula is C10H7FN4S. The zero-order valence-corrected chi connectivity index (χ0v) is 8.96. The van der Waals surface area contributed by atoms with Crippen molar-refractivity contribution in [3.63, 3.8) is 0 Å². The first-order valence-corrected chi connectivity index (χ1v) is 5.32. The van der Waals surface area contributed by atoms with Crippen LogP contribution >= 0.6 is 11.5 Å². The summed E-state index contributed by atoms with van der Waals surface area (Å²) in [4.78, 5) is 0. The predicted molar refractivity (Wildman–Crippen MR) is 58.4 cm³/mol. The van der Waals surface area contributed by atoms with E-state index in [1.54, 1.807) is 11.4 Å². The molecule has 0 aliphatic carbocycles. The summed E-state index contributed by atoms with van der Waals surface area (Å²) in [5.74, 6) is -0.442. The third-order valence-corrected chi connectivity index (χ3v) is 2.52. The second-order valence-corrected chi connectivity index (χ2v) is 3.67. The van der Waals surface area contributed by atoms with E-state index in [0.717, 1.165) is 5.69 Å². The molecule has 1 aromatic heterocycles. The minimum atomic E-state index is -0.442. The lowest BCUT2D eigenvalue weighted by atomic mass is 10.2. The number of hydrogen-bond acceptors (Lipinski definition) is 5. The highest BCUT2D eigenvalue weighted by atomic mass is 32.1. The van der Waals surface area contributed by atoms with Crippen LogP contribution in [0, 0.1) is 17.1 Å². The van der Waals surface area contributed by atoms with Crippen molar-refractivity contribution in [1.82, 2.24) is 9.59 Å². The highest BCUT2D eigenvalue weighted by molar-refractivity contribution is 7.03. The van der Waals surface area contributed by atoms with E-state index < -0.39 is 5.82 Å². The lowest BCUT2D eigenvalue weighted by Gasteiger charge is -2.05. The lowest BCUT2D eigenvalue weighted by molar-refractivity contribution is 0.629. The summed E-state index contributed by atoms with van der Waals surface area (Å²) in [6.45, 7) is 0.416. The number of hydrogen-bond donors (Lipinski definition) is 1. The Bertz CT molecular complexity index is 518. The Labute approximate surface area is 95.5 Å². The Kier molecular flexibility index (Phi) is 3.08. The predicted octanol–water partition coefficient (Wildman–Crippen LogP) is 2.16. The van der Waals surface area contributed by atoms with Crippen LogP contribution in [0.2, 0.25) is 0 Å². The van der Waals surface area contributed by atoms with Crippen LogP contribution in [0.25, 0.3) is 0 Å². The van der Waals surface area contributed by atoms with Gasteiger partial charge in [-0.2, -0.15) is 5.26 Å². The van der Waals surface area contributed by atoms with E-state index in [4.69, 9.17) is 5.26 Å². The minimum Gasteiger partial charge on any atom is -0.377 e. The van der Waals surface area contributed by atoms with Gasteiger partial charge in [0.2, 0.25) is 0 Å². The van der Waals surface area contributed by atoms with Gasteiger partial charge in [-0.15, -0.1) is 5.10 Å². The van der Waals surface area contributed by atoms with Crippen molar-refractivity contribution in [3.8, 4) is 6.07 Å². The Hall–Kier alpha value is -2.00. The number of benzene rings is 1. The second kappa shape index (κ2) is 4.68. The van der Waals surface area contributed by atoms with Crippen molar-refractivity contribution >= 4 is 17.2 Å². The van der Waals surface area contributed by atoms with Crippen LogP contribution in [0.3, 0.4) is 0 Å². The average molecular weight is 234 g/mol. The minimum absolute atomic E-state index is 0.304. The van der Waals surface area contributed by atoms with Gasteiger partial charge in [0.05, 0.1) is 29.6 Å². The molecular weight excluding hydrogens is 227 g/mol. The van der Waals surface area contributed by atoms with Crippen molar-refractivity contribution in [2.45, 2.75) is 6.54 Å². The standard InChI is InChI=1S/C10H7FN4S/c11-9-3-7(4-12)1-2-10(9)13-5-8-6-16-15-14-8/h1-3,6,13H,5H2. The van der Waals surface area contributed by atoms with Gasteiger partial charge in [0.25, 0.3) is 0 Å². The summed E-state index contributed by atoms with van der Waals surface area (Å²) in [5.41, 5.74) is 1.42. The summed E-state index contributed by atoms with van der Waals surface area (Å²) >= 11 is 1.25. The van der Waals surface area contributed by atoms with Crippen molar-refractivity contribution in [3.05, 3.63) is 40.7 Å². The summed E-state index contributed by atoms with van der Waals surface area (Å²) in [5, 5.41) is 17.1. The smallest absolute Gasteiger partial charge is 0.147 e. The second-order valence-electron chi connectivity index (χ2n) is 3.06. The van der Waals surface area contributed by atoms with Crippen LogP contribution in [-0.2, 0) is 6.54 Å². The van der Waals surface area contributed by atoms with Crippen molar-refractivity contribution in [1.29, 1.82) is 5.26 Å². The first-order chi connectivity index (χ1) is 7.79. The third kappa shape index (κ3) is 2.32. The van der Waals surface area contributed by atoms with E-state index in [1.807, 2.05) is 6.07 Å². The molecule has 0 atom stereocenters. The molecule has 1 heterocycles. The van der Waals surface area contributed by atoms with Gasteiger partial charge in [-0.3, -0.25) is 0 Å². The number of anilines is 1. The maximum absolute atomic E-state index is 13.4. The highest BCUT2D eigenvalue weighted by Gasteiger charge is 2.03. The summed E-state index contributed by atoms with van der Waals surface area (Å²) in [6.07, 6.45) is 0. The fourth-order valence-electron chi connectivity index (χ4n) is 1.17. The Morgan fingerprint density at radius 1 is 1.50 bits per heavy atom. The van der Waals surface area contributed by atoms with Crippen molar-refractivity contribution in [2.75, 3.05) is 5.32 Å². The van der Waals surface area contributed by atoms with E-state index in [1.165, 1.54) is 23.7 Å². The van der Waals surface area contributed by atoms with Crippen LogP contribution in [0.4, 0.5) is 10.1 Å². The molecule has 6 heteroatoms. The molecule has 0 unspecified atom stereocenters. The zero-order valence-electron chi connectivity index (χ0n) is 8.14. The van der Waals surface area contributed by atoms with Gasteiger partial charge < -0.3 is 5.32 Å². The molecule has 4 nitrogen and oxygen atoms in total. The number of nitrogens with zero attached hydrogens (tertiary/aromatic N) is 3. The maximum Gasteiger partial charge on any atom is 0.147 e. The molecule has 0 saturated carbocycles. The molecule has 0 bridgehead atoms. The Morgan fingerprint density at radius 3 is 3.00 bits per heavy atom. The number of halogens is 1. The van der Waals surface area contributed by atoms with Crippen molar-refractivity contribution in [2.24, 2.45) is 0 Å². The van der Waals surface area contributed by atoms with Crippen LogP contribution < -0.4 is 5.32 Å². The molecule has 0 fully saturated rings. The average Bonchev–Trinajstić information content (AvgIpc) is 2.80. The normalized spacial score (nSPS) is 9.75. The summed E-state index contributed by atoms with van der Waals surface area (Å²) in [7, 11) is 0. The molecule has 0 spiro atoms. The molecule has 80 valence electrons. The topological polar surface area (TPSA) is 61.6 Å². The van der Waals surface area contributed by atoms with Crippen LogP contribution in [0.1, 0.15) is 11.3 Å². The molecule has 0 aliphatic heterocycles. The van der Waals surface area contributed by atoms with Crippen molar-refractivity contribution < 1.29 is 4.39 Å². The number of rotatable bonds is 3. The highest BCUT2D eigenvalue weighted by Crippen LogP contribution is 2.16. The molecule has 1 N–H and O–H groups in total. The molecule has 2 aromatic rings. The number of aromatic nitrogens is 2. The summed E-state index contributed by atoms with van der Waals surface area (Å²) < 4.78 is 17.1. The van der Waals surface area contributed by atoms with Gasteiger partial charge >= 0.3 is 0 Å². The van der Waals surface area contributed by atoms with Crippen LogP contribution in [-0.4, -0.2) is 9.59 Å². The number of nitrogens with one attached hydrogen (secondary N) is 1. The zero-order chi connectivity index (χ0) is 11.4. The maximum atomic E-state index is 13.4. The molecule has 1 aromatic carbocycles. The molecule has 0 radical (unpaired) electrons. The molecule has 0 saturated heterocycles. The first kappa shape index (κ1) is 10.5. The molecule has 2 rings (SSSR count). The largest absolute Gasteiger partial charge is 0.377 e. The quantitative estimate of drug-likeness (QED) is 0.884. The van der Waals surface area contributed by atoms with E-state index in [0.29, 0.717) is 17.8 Å².